The molecule has 0 radical (unpaired) electrons. The van der Waals surface area contributed by atoms with Gasteiger partial charge in [-0.1, -0.05) is 24.3 Å². The molecule has 4 nitrogen and oxygen atoms in total. The Kier molecular flexibility index (Phi) is 3.88. The highest BCUT2D eigenvalue weighted by atomic mass is 19.1. The lowest BCUT2D eigenvalue weighted by Gasteiger charge is -2.10. The lowest BCUT2D eigenvalue weighted by molar-refractivity contribution is 0.627. The number of benzene rings is 4. The second-order valence-electron chi connectivity index (χ2n) is 8.23. The summed E-state index contributed by atoms with van der Waals surface area (Å²) in [6, 6.07) is 28.7. The SMILES string of the molecule is Fc1ccc(-c2nc3c4ccccc4n4c5ccccc5nc4n3c2-c2ccc(F)cc2)cc1. The Morgan fingerprint density at radius 2 is 1.18 bits per heavy atom. The molecular formula is C28H16F2N4. The maximum absolute atomic E-state index is 13.8. The van der Waals surface area contributed by atoms with E-state index in [4.69, 9.17) is 9.97 Å². The van der Waals surface area contributed by atoms with Crippen molar-refractivity contribution in [2.45, 2.75) is 0 Å². The van der Waals surface area contributed by atoms with E-state index in [0.29, 0.717) is 11.5 Å². The fraction of sp³-hybridized carbons (Fsp3) is 0. The van der Waals surface area contributed by atoms with Crippen LogP contribution in [0.2, 0.25) is 0 Å². The molecule has 0 N–H and O–H groups in total. The molecule has 3 heterocycles. The third kappa shape index (κ3) is 2.62. The van der Waals surface area contributed by atoms with Gasteiger partial charge in [0.15, 0.2) is 0 Å². The number of hydrogen-bond acceptors (Lipinski definition) is 2. The van der Waals surface area contributed by atoms with Crippen molar-refractivity contribution in [3.8, 4) is 22.5 Å². The van der Waals surface area contributed by atoms with E-state index in [2.05, 4.69) is 10.5 Å². The first-order valence-electron chi connectivity index (χ1n) is 10.9. The molecular weight excluding hydrogens is 430 g/mol. The molecule has 0 atom stereocenters. The predicted molar refractivity (Wildman–Crippen MR) is 130 cm³/mol. The Hall–Kier alpha value is -4.58. The highest BCUT2D eigenvalue weighted by Gasteiger charge is 2.22. The van der Waals surface area contributed by atoms with Crippen molar-refractivity contribution in [3.63, 3.8) is 0 Å². The highest BCUT2D eigenvalue weighted by Crippen LogP contribution is 2.37. The monoisotopic (exact) mass is 446 g/mol. The van der Waals surface area contributed by atoms with Crippen LogP contribution >= 0.6 is 0 Å². The van der Waals surface area contributed by atoms with Gasteiger partial charge in [0.2, 0.25) is 5.78 Å². The largest absolute Gasteiger partial charge is 0.277 e. The van der Waals surface area contributed by atoms with E-state index in [0.717, 1.165) is 44.4 Å². The molecule has 0 aliphatic carbocycles. The third-order valence-corrected chi connectivity index (χ3v) is 6.24. The van der Waals surface area contributed by atoms with E-state index < -0.39 is 0 Å². The van der Waals surface area contributed by atoms with Crippen molar-refractivity contribution in [2.75, 3.05) is 0 Å². The fourth-order valence-corrected chi connectivity index (χ4v) is 4.74. The van der Waals surface area contributed by atoms with Crippen LogP contribution < -0.4 is 0 Å². The second-order valence-corrected chi connectivity index (χ2v) is 8.23. The van der Waals surface area contributed by atoms with E-state index in [9.17, 15) is 8.78 Å². The maximum Gasteiger partial charge on any atom is 0.221 e. The number of halogens is 2. The van der Waals surface area contributed by atoms with Crippen molar-refractivity contribution in [3.05, 3.63) is 109 Å². The molecule has 162 valence electrons. The average molecular weight is 446 g/mol. The molecule has 4 aromatic carbocycles. The van der Waals surface area contributed by atoms with Gasteiger partial charge in [0.05, 0.1) is 27.9 Å². The van der Waals surface area contributed by atoms with Gasteiger partial charge in [-0.2, -0.15) is 0 Å². The summed E-state index contributed by atoms with van der Waals surface area (Å²) in [7, 11) is 0. The van der Waals surface area contributed by atoms with E-state index in [1.165, 1.54) is 24.3 Å². The summed E-state index contributed by atoms with van der Waals surface area (Å²) in [6.45, 7) is 0. The molecule has 0 saturated heterocycles. The van der Waals surface area contributed by atoms with E-state index in [-0.39, 0.29) is 11.6 Å². The Labute approximate surface area is 192 Å². The van der Waals surface area contributed by atoms with Crippen LogP contribution in [0.3, 0.4) is 0 Å². The third-order valence-electron chi connectivity index (χ3n) is 6.24. The summed E-state index contributed by atoms with van der Waals surface area (Å²) in [5, 5.41) is 0.954. The Morgan fingerprint density at radius 3 is 1.91 bits per heavy atom. The molecule has 0 saturated carbocycles. The smallest absolute Gasteiger partial charge is 0.221 e. The topological polar surface area (TPSA) is 34.6 Å². The first-order valence-corrected chi connectivity index (χ1v) is 10.9. The van der Waals surface area contributed by atoms with Gasteiger partial charge in [0, 0.05) is 16.5 Å². The summed E-state index contributed by atoms with van der Waals surface area (Å²) in [5.74, 6) is 0.0707. The molecule has 6 heteroatoms. The number of imidazole rings is 2. The zero-order chi connectivity index (χ0) is 22.8. The second kappa shape index (κ2) is 6.96. The standard InChI is InChI=1S/C28H16F2N4/c29-19-13-9-17(10-14-19)25-26(18-11-15-20(30)16-12-18)34-27(32-25)21-5-1-3-7-23(21)33-24-8-4-2-6-22(24)31-28(33)34/h1-16H. The predicted octanol–water partition coefficient (Wildman–Crippen LogP) is 6.90. The molecule has 0 aliphatic heterocycles. The Morgan fingerprint density at radius 1 is 0.559 bits per heavy atom. The van der Waals surface area contributed by atoms with Gasteiger partial charge in [0.1, 0.15) is 17.3 Å². The summed E-state index contributed by atoms with van der Waals surface area (Å²) < 4.78 is 31.7. The number of rotatable bonds is 2. The molecule has 0 fully saturated rings. The van der Waals surface area contributed by atoms with E-state index >= 15 is 0 Å². The van der Waals surface area contributed by atoms with Crippen molar-refractivity contribution >= 4 is 33.4 Å². The first kappa shape index (κ1) is 18.9. The van der Waals surface area contributed by atoms with E-state index in [1.807, 2.05) is 46.9 Å². The van der Waals surface area contributed by atoms with Crippen molar-refractivity contribution in [1.29, 1.82) is 0 Å². The molecule has 0 bridgehead atoms. The quantitative estimate of drug-likeness (QED) is 0.289. The van der Waals surface area contributed by atoms with Crippen molar-refractivity contribution in [2.24, 2.45) is 0 Å². The van der Waals surface area contributed by atoms with Gasteiger partial charge in [-0.15, -0.1) is 0 Å². The van der Waals surface area contributed by atoms with Gasteiger partial charge in [-0.25, -0.2) is 18.7 Å². The molecule has 34 heavy (non-hydrogen) atoms. The van der Waals surface area contributed by atoms with Gasteiger partial charge < -0.3 is 0 Å². The van der Waals surface area contributed by atoms with Crippen molar-refractivity contribution in [1.82, 2.24) is 18.8 Å². The number of fused-ring (bicyclic) bond motifs is 8. The van der Waals surface area contributed by atoms with E-state index in [1.54, 1.807) is 24.3 Å². The van der Waals surface area contributed by atoms with Gasteiger partial charge >= 0.3 is 0 Å². The van der Waals surface area contributed by atoms with Gasteiger partial charge in [-0.05, 0) is 72.8 Å². The van der Waals surface area contributed by atoms with Crippen LogP contribution in [-0.4, -0.2) is 18.8 Å². The Bertz CT molecular complexity index is 1860. The number of nitrogens with zero attached hydrogens (tertiary/aromatic N) is 4. The van der Waals surface area contributed by atoms with Crippen molar-refractivity contribution < 1.29 is 8.78 Å². The lowest BCUT2D eigenvalue weighted by atomic mass is 10.0. The van der Waals surface area contributed by atoms with Crippen LogP contribution in [0.15, 0.2) is 97.1 Å². The fourth-order valence-electron chi connectivity index (χ4n) is 4.74. The number of para-hydroxylation sites is 3. The molecule has 0 amide bonds. The molecule has 0 aliphatic rings. The normalized spacial score (nSPS) is 11.8. The summed E-state index contributed by atoms with van der Waals surface area (Å²) in [4.78, 5) is 10.0. The molecule has 7 aromatic rings. The van der Waals surface area contributed by atoms with Crippen LogP contribution in [0.5, 0.6) is 0 Å². The lowest BCUT2D eigenvalue weighted by Crippen LogP contribution is -1.99. The summed E-state index contributed by atoms with van der Waals surface area (Å²) >= 11 is 0. The van der Waals surface area contributed by atoms with Crippen LogP contribution in [-0.2, 0) is 0 Å². The zero-order valence-electron chi connectivity index (χ0n) is 17.8. The minimum atomic E-state index is -0.317. The summed E-state index contributed by atoms with van der Waals surface area (Å²) in [6.07, 6.45) is 0. The number of hydrogen-bond donors (Lipinski definition) is 0. The first-order chi connectivity index (χ1) is 16.7. The Balaban J connectivity index is 1.75. The zero-order valence-corrected chi connectivity index (χ0v) is 17.8. The van der Waals surface area contributed by atoms with Crippen LogP contribution in [0.4, 0.5) is 8.78 Å². The molecule has 0 unspecified atom stereocenters. The van der Waals surface area contributed by atoms with Gasteiger partial charge in [0.25, 0.3) is 0 Å². The number of aromatic nitrogens is 4. The summed E-state index contributed by atoms with van der Waals surface area (Å²) in [5.41, 5.74) is 6.57. The average Bonchev–Trinajstić information content (AvgIpc) is 3.45. The minimum absolute atomic E-state index is 0.316. The highest BCUT2D eigenvalue weighted by molar-refractivity contribution is 6.00. The van der Waals surface area contributed by atoms with Crippen LogP contribution in [0.25, 0.3) is 55.9 Å². The van der Waals surface area contributed by atoms with Crippen LogP contribution in [0.1, 0.15) is 0 Å². The molecule has 0 spiro atoms. The molecule has 3 aromatic heterocycles. The molecule has 7 rings (SSSR count). The van der Waals surface area contributed by atoms with Crippen LogP contribution in [0, 0.1) is 11.6 Å². The van der Waals surface area contributed by atoms with Gasteiger partial charge in [-0.3, -0.25) is 8.80 Å². The maximum atomic E-state index is 13.8. The minimum Gasteiger partial charge on any atom is -0.277 e.